The van der Waals surface area contributed by atoms with Gasteiger partial charge in [-0.1, -0.05) is 0 Å². The molecular formula is C21H21FN6O3S. The molecule has 11 heteroatoms. The molecule has 166 valence electrons. The van der Waals surface area contributed by atoms with Gasteiger partial charge in [-0.25, -0.2) is 4.98 Å². The number of aromatic nitrogens is 4. The van der Waals surface area contributed by atoms with Crippen molar-refractivity contribution in [3.63, 3.8) is 0 Å². The van der Waals surface area contributed by atoms with Crippen molar-refractivity contribution in [3.05, 3.63) is 60.4 Å². The predicted molar refractivity (Wildman–Crippen MR) is 117 cm³/mol. The highest BCUT2D eigenvalue weighted by Gasteiger charge is 2.47. The van der Waals surface area contributed by atoms with Crippen LogP contribution < -0.4 is 14.8 Å². The minimum Gasteiger partial charge on any atom is -0.477 e. The molecule has 1 fully saturated rings. The van der Waals surface area contributed by atoms with Gasteiger partial charge in [0.05, 0.1) is 36.9 Å². The minimum absolute atomic E-state index is 0.217. The van der Waals surface area contributed by atoms with Gasteiger partial charge in [0.25, 0.3) is 5.91 Å². The van der Waals surface area contributed by atoms with E-state index in [1.807, 2.05) is 6.92 Å². The Morgan fingerprint density at radius 2 is 2.09 bits per heavy atom. The van der Waals surface area contributed by atoms with Gasteiger partial charge < -0.3 is 14.8 Å². The summed E-state index contributed by atoms with van der Waals surface area (Å²) in [6.07, 6.45) is 7.64. The number of nitrogens with one attached hydrogen (secondary N) is 2. The van der Waals surface area contributed by atoms with Gasteiger partial charge in [-0.3, -0.25) is 19.7 Å². The van der Waals surface area contributed by atoms with Crippen LogP contribution in [0.3, 0.4) is 0 Å². The number of nitrogens with zero attached hydrogens (tertiary/aromatic N) is 4. The largest absolute Gasteiger partial charge is 0.477 e. The van der Waals surface area contributed by atoms with Crippen molar-refractivity contribution >= 4 is 23.5 Å². The van der Waals surface area contributed by atoms with Crippen LogP contribution in [0.25, 0.3) is 11.3 Å². The molecule has 0 aliphatic heterocycles. The van der Waals surface area contributed by atoms with Gasteiger partial charge in [0, 0.05) is 23.6 Å². The van der Waals surface area contributed by atoms with Crippen molar-refractivity contribution < 1.29 is 19.0 Å². The minimum atomic E-state index is -0.786. The Bertz CT molecular complexity index is 1080. The molecule has 1 aliphatic carbocycles. The molecule has 0 spiro atoms. The summed E-state index contributed by atoms with van der Waals surface area (Å²) in [5, 5.41) is 2.79. The first-order valence-electron chi connectivity index (χ1n) is 9.99. The van der Waals surface area contributed by atoms with E-state index in [0.29, 0.717) is 36.7 Å². The van der Waals surface area contributed by atoms with Crippen LogP contribution in [0.2, 0.25) is 0 Å². The summed E-state index contributed by atoms with van der Waals surface area (Å²) >= 11 is 1.19. The van der Waals surface area contributed by atoms with Crippen LogP contribution in [0.1, 0.15) is 35.9 Å². The molecule has 0 bridgehead atoms. The van der Waals surface area contributed by atoms with E-state index in [2.05, 4.69) is 34.9 Å². The smallest absolute Gasteiger partial charge is 0.270 e. The van der Waals surface area contributed by atoms with Gasteiger partial charge in [-0.2, -0.15) is 4.94 Å². The van der Waals surface area contributed by atoms with E-state index in [1.165, 1.54) is 18.1 Å². The SMILES string of the molecule is CCOc1cncc(-c2ccc(C(=O)NCc3cc(NSC4(OF)CC4)ccn3)nc2)n1. The Balaban J connectivity index is 1.33. The van der Waals surface area contributed by atoms with Gasteiger partial charge in [0.1, 0.15) is 5.69 Å². The van der Waals surface area contributed by atoms with Crippen LogP contribution in [0.4, 0.5) is 10.2 Å². The van der Waals surface area contributed by atoms with Gasteiger partial charge in [-0.15, -0.1) is 0 Å². The topological polar surface area (TPSA) is 111 Å². The number of amides is 1. The molecule has 1 amide bonds. The first-order chi connectivity index (χ1) is 15.6. The first kappa shape index (κ1) is 21.9. The molecule has 1 saturated carbocycles. The molecule has 32 heavy (non-hydrogen) atoms. The fourth-order valence-corrected chi connectivity index (χ4v) is 3.50. The van der Waals surface area contributed by atoms with Crippen molar-refractivity contribution in [2.45, 2.75) is 31.2 Å². The molecule has 9 nitrogen and oxygen atoms in total. The number of carbonyl (C=O) groups is 1. The zero-order valence-corrected chi connectivity index (χ0v) is 18.1. The van der Waals surface area contributed by atoms with Crippen molar-refractivity contribution in [1.29, 1.82) is 0 Å². The van der Waals surface area contributed by atoms with Crippen molar-refractivity contribution in [1.82, 2.24) is 25.3 Å². The normalized spacial score (nSPS) is 13.9. The summed E-state index contributed by atoms with van der Waals surface area (Å²) in [5.41, 5.74) is 2.99. The lowest BCUT2D eigenvalue weighted by Crippen LogP contribution is -2.24. The lowest BCUT2D eigenvalue weighted by Gasteiger charge is -2.11. The number of ether oxygens (including phenoxy) is 1. The number of hydrogen-bond donors (Lipinski definition) is 2. The third-order valence-electron chi connectivity index (χ3n) is 4.60. The first-order valence-corrected chi connectivity index (χ1v) is 10.8. The van der Waals surface area contributed by atoms with E-state index in [0.717, 1.165) is 11.3 Å². The van der Waals surface area contributed by atoms with Crippen LogP contribution in [0.15, 0.2) is 49.1 Å². The van der Waals surface area contributed by atoms with Gasteiger partial charge >= 0.3 is 0 Å². The highest BCUT2D eigenvalue weighted by molar-refractivity contribution is 8.02. The molecule has 0 radical (unpaired) electrons. The Labute approximate surface area is 188 Å². The maximum absolute atomic E-state index is 12.5. The van der Waals surface area contributed by atoms with Crippen molar-refractivity contribution in [3.8, 4) is 17.1 Å². The lowest BCUT2D eigenvalue weighted by atomic mass is 10.2. The quantitative estimate of drug-likeness (QED) is 0.348. The van der Waals surface area contributed by atoms with Gasteiger partial charge in [-0.05, 0) is 60.5 Å². The van der Waals surface area contributed by atoms with E-state index in [4.69, 9.17) is 4.74 Å². The Hall–Kier alpha value is -3.31. The summed E-state index contributed by atoms with van der Waals surface area (Å²) in [5.74, 6) is 0.0990. The highest BCUT2D eigenvalue weighted by atomic mass is 32.2. The van der Waals surface area contributed by atoms with Crippen LogP contribution in [-0.2, 0) is 11.5 Å². The van der Waals surface area contributed by atoms with E-state index >= 15 is 0 Å². The number of carbonyl (C=O) groups excluding carboxylic acids is 1. The summed E-state index contributed by atoms with van der Waals surface area (Å²) in [4.78, 5) is 32.6. The Morgan fingerprint density at radius 3 is 2.81 bits per heavy atom. The van der Waals surface area contributed by atoms with E-state index in [-0.39, 0.29) is 18.1 Å². The average molecular weight is 457 g/mol. The summed E-state index contributed by atoms with van der Waals surface area (Å²) in [6.45, 7) is 2.58. The van der Waals surface area contributed by atoms with Crippen LogP contribution in [0, 0.1) is 0 Å². The predicted octanol–water partition coefficient (Wildman–Crippen LogP) is 3.71. The van der Waals surface area contributed by atoms with Crippen LogP contribution in [-0.4, -0.2) is 37.4 Å². The number of anilines is 1. The highest BCUT2D eigenvalue weighted by Crippen LogP contribution is 2.49. The number of hydrogen-bond acceptors (Lipinski definition) is 9. The number of halogens is 1. The molecule has 1 aliphatic rings. The zero-order chi connectivity index (χ0) is 22.4. The second-order valence-electron chi connectivity index (χ2n) is 7.02. The molecule has 0 unspecified atom stereocenters. The molecule has 0 saturated heterocycles. The zero-order valence-electron chi connectivity index (χ0n) is 17.2. The molecule has 3 heterocycles. The Morgan fingerprint density at radius 1 is 1.22 bits per heavy atom. The summed E-state index contributed by atoms with van der Waals surface area (Å²) in [7, 11) is 0. The molecule has 3 aromatic heterocycles. The molecule has 0 atom stereocenters. The monoisotopic (exact) mass is 456 g/mol. The molecule has 2 N–H and O–H groups in total. The second-order valence-corrected chi connectivity index (χ2v) is 8.17. The molecule has 3 aromatic rings. The van der Waals surface area contributed by atoms with Gasteiger partial charge in [0.2, 0.25) is 5.88 Å². The van der Waals surface area contributed by atoms with E-state index in [9.17, 15) is 9.32 Å². The fourth-order valence-electron chi connectivity index (χ4n) is 2.73. The molecular weight excluding hydrogens is 435 g/mol. The fraction of sp³-hybridized carbons (Fsp3) is 0.286. The van der Waals surface area contributed by atoms with Gasteiger partial charge in [0.15, 0.2) is 4.93 Å². The van der Waals surface area contributed by atoms with Crippen molar-refractivity contribution in [2.24, 2.45) is 0 Å². The average Bonchev–Trinajstić information content (AvgIpc) is 3.63. The second kappa shape index (κ2) is 9.88. The van der Waals surface area contributed by atoms with Crippen molar-refractivity contribution in [2.75, 3.05) is 11.3 Å². The standard InChI is InChI=1S/C21H21FN6O3S/c1-2-30-19-13-23-12-18(27-19)14-3-4-17(25-10-14)20(29)26-11-16-9-15(5-8-24-16)28-32-21(31-22)6-7-21/h3-5,8-10,12-13H,2,6-7,11H2,1H3,(H,24,28)(H,26,29). The maximum atomic E-state index is 12.5. The van der Waals surface area contributed by atoms with Crippen LogP contribution >= 0.6 is 11.9 Å². The lowest BCUT2D eigenvalue weighted by molar-refractivity contribution is -0.157. The Kier molecular flexibility index (Phi) is 6.76. The number of pyridine rings is 2. The summed E-state index contributed by atoms with van der Waals surface area (Å²) in [6, 6.07) is 6.91. The third kappa shape index (κ3) is 5.48. The van der Waals surface area contributed by atoms with E-state index < -0.39 is 4.93 Å². The number of rotatable bonds is 10. The summed E-state index contributed by atoms with van der Waals surface area (Å²) < 4.78 is 20.9. The third-order valence-corrected chi connectivity index (χ3v) is 5.78. The molecule has 0 aromatic carbocycles. The van der Waals surface area contributed by atoms with Crippen LogP contribution in [0.5, 0.6) is 5.88 Å². The maximum Gasteiger partial charge on any atom is 0.270 e. The van der Waals surface area contributed by atoms with E-state index in [1.54, 1.807) is 42.9 Å². The molecule has 4 rings (SSSR count).